The summed E-state index contributed by atoms with van der Waals surface area (Å²) in [6.45, 7) is 4.30. The highest BCUT2D eigenvalue weighted by atomic mass is 35.5. The number of aliphatic hydroxyl groups is 1. The molecule has 1 saturated heterocycles. The highest BCUT2D eigenvalue weighted by molar-refractivity contribution is 6.46. The maximum Gasteiger partial charge on any atom is 0.295 e. The van der Waals surface area contributed by atoms with Crippen LogP contribution in [0.1, 0.15) is 37.4 Å². The lowest BCUT2D eigenvalue weighted by molar-refractivity contribution is -0.139. The Morgan fingerprint density at radius 2 is 1.87 bits per heavy atom. The molecule has 1 unspecified atom stereocenters. The summed E-state index contributed by atoms with van der Waals surface area (Å²) in [5.41, 5.74) is 0.655. The van der Waals surface area contributed by atoms with Crippen molar-refractivity contribution >= 4 is 29.1 Å². The molecule has 2 aromatic rings. The summed E-state index contributed by atoms with van der Waals surface area (Å²) in [5, 5.41) is 21.6. The summed E-state index contributed by atoms with van der Waals surface area (Å²) in [4.78, 5) is 27.2. The molecule has 1 atom stereocenters. The molecule has 3 rings (SSSR count). The van der Waals surface area contributed by atoms with Crippen LogP contribution in [-0.2, 0) is 9.59 Å². The monoisotopic (exact) mass is 445 g/mol. The van der Waals surface area contributed by atoms with Crippen LogP contribution in [0, 0.1) is 0 Å². The van der Waals surface area contributed by atoms with Gasteiger partial charge in [0.1, 0.15) is 11.5 Å². The van der Waals surface area contributed by atoms with Gasteiger partial charge in [-0.25, -0.2) is 0 Å². The molecule has 2 aromatic carbocycles. The van der Waals surface area contributed by atoms with Gasteiger partial charge < -0.3 is 24.6 Å². The summed E-state index contributed by atoms with van der Waals surface area (Å²) in [6, 6.07) is 8.39. The van der Waals surface area contributed by atoms with Crippen LogP contribution in [0.4, 0.5) is 0 Å². The van der Waals surface area contributed by atoms with E-state index in [-0.39, 0.29) is 28.4 Å². The Labute approximate surface area is 185 Å². The number of carbonyl (C=O) groups is 2. The Morgan fingerprint density at radius 1 is 1.13 bits per heavy atom. The number of ketones is 1. The van der Waals surface area contributed by atoms with E-state index in [0.29, 0.717) is 35.9 Å². The van der Waals surface area contributed by atoms with Gasteiger partial charge in [-0.3, -0.25) is 9.59 Å². The van der Waals surface area contributed by atoms with Crippen molar-refractivity contribution in [3.05, 3.63) is 58.1 Å². The molecule has 0 aliphatic carbocycles. The molecule has 0 bridgehead atoms. The molecule has 8 heteroatoms. The Kier molecular flexibility index (Phi) is 6.75. The normalized spacial score (nSPS) is 17.8. The molecule has 1 aliphatic heterocycles. The molecule has 0 aromatic heterocycles. The van der Waals surface area contributed by atoms with Crippen LogP contribution in [0.5, 0.6) is 17.2 Å². The summed E-state index contributed by atoms with van der Waals surface area (Å²) >= 11 is 6.10. The average Bonchev–Trinajstić information content (AvgIpc) is 3.00. The third-order valence-electron chi connectivity index (χ3n) is 5.02. The zero-order valence-electron chi connectivity index (χ0n) is 17.5. The number of aromatic hydroxyl groups is 1. The quantitative estimate of drug-likeness (QED) is 0.375. The number of rotatable bonds is 7. The predicted molar refractivity (Wildman–Crippen MR) is 117 cm³/mol. The number of hydrogen-bond acceptors (Lipinski definition) is 6. The Balaban J connectivity index is 2.25. The number of amides is 1. The van der Waals surface area contributed by atoms with Gasteiger partial charge >= 0.3 is 0 Å². The third-order valence-corrected chi connectivity index (χ3v) is 5.26. The number of halogens is 1. The highest BCUT2D eigenvalue weighted by Gasteiger charge is 2.46. The molecule has 1 aliphatic rings. The average molecular weight is 446 g/mol. The summed E-state index contributed by atoms with van der Waals surface area (Å²) in [5.74, 6) is -1.42. The standard InChI is InChI=1S/C23H24ClNO6/c1-4-10-25-20(13-6-8-16(26)18(11-13)31-5-2)19(22(28)23(25)29)21(27)15-12-14(24)7-9-17(15)30-3/h6-9,11-12,20,26-27H,4-5,10H2,1-3H3/b21-19+. The molecule has 164 valence electrons. The molecular weight excluding hydrogens is 422 g/mol. The number of carbonyl (C=O) groups excluding carboxylic acids is 2. The molecule has 1 fully saturated rings. The highest BCUT2D eigenvalue weighted by Crippen LogP contribution is 2.43. The van der Waals surface area contributed by atoms with E-state index < -0.39 is 17.7 Å². The van der Waals surface area contributed by atoms with E-state index in [9.17, 15) is 19.8 Å². The minimum atomic E-state index is -0.858. The zero-order valence-corrected chi connectivity index (χ0v) is 18.3. The molecule has 2 N–H and O–H groups in total. The van der Waals surface area contributed by atoms with Crippen molar-refractivity contribution in [1.82, 2.24) is 4.90 Å². The molecule has 0 saturated carbocycles. The lowest BCUT2D eigenvalue weighted by Gasteiger charge is -2.25. The first kappa shape index (κ1) is 22.5. The Hall–Kier alpha value is -3.19. The van der Waals surface area contributed by atoms with Crippen molar-refractivity contribution in [2.75, 3.05) is 20.3 Å². The van der Waals surface area contributed by atoms with Gasteiger partial charge in [-0.15, -0.1) is 0 Å². The van der Waals surface area contributed by atoms with E-state index in [1.165, 1.54) is 24.1 Å². The number of methoxy groups -OCH3 is 1. The summed E-state index contributed by atoms with van der Waals surface area (Å²) in [6.07, 6.45) is 0.612. The predicted octanol–water partition coefficient (Wildman–Crippen LogP) is 4.28. The maximum atomic E-state index is 13.0. The van der Waals surface area contributed by atoms with Crippen LogP contribution >= 0.6 is 11.6 Å². The fraction of sp³-hybridized carbons (Fsp3) is 0.304. The lowest BCUT2D eigenvalue weighted by atomic mass is 9.94. The molecule has 1 amide bonds. The van der Waals surface area contributed by atoms with E-state index >= 15 is 0 Å². The minimum Gasteiger partial charge on any atom is -0.507 e. The molecule has 0 radical (unpaired) electrons. The number of nitrogens with zero attached hydrogens (tertiary/aromatic N) is 1. The lowest BCUT2D eigenvalue weighted by Crippen LogP contribution is -2.30. The molecular formula is C23H24ClNO6. The van der Waals surface area contributed by atoms with Crippen LogP contribution < -0.4 is 9.47 Å². The van der Waals surface area contributed by atoms with Crippen molar-refractivity contribution in [2.24, 2.45) is 0 Å². The largest absolute Gasteiger partial charge is 0.507 e. The van der Waals surface area contributed by atoms with E-state index in [0.717, 1.165) is 0 Å². The molecule has 7 nitrogen and oxygen atoms in total. The van der Waals surface area contributed by atoms with Crippen LogP contribution in [0.2, 0.25) is 5.02 Å². The van der Waals surface area contributed by atoms with Gasteiger partial charge in [0, 0.05) is 11.6 Å². The first-order valence-corrected chi connectivity index (χ1v) is 10.3. The van der Waals surface area contributed by atoms with Gasteiger partial charge in [0.15, 0.2) is 11.5 Å². The summed E-state index contributed by atoms with van der Waals surface area (Å²) in [7, 11) is 1.43. The van der Waals surface area contributed by atoms with E-state index in [1.54, 1.807) is 31.2 Å². The van der Waals surface area contributed by atoms with Crippen molar-refractivity contribution in [1.29, 1.82) is 0 Å². The van der Waals surface area contributed by atoms with E-state index in [4.69, 9.17) is 21.1 Å². The molecule has 31 heavy (non-hydrogen) atoms. The number of Topliss-reactive ketones (excluding diaryl/α,β-unsaturated/α-hetero) is 1. The zero-order chi connectivity index (χ0) is 22.7. The first-order chi connectivity index (χ1) is 14.8. The number of likely N-dealkylation sites (tertiary alicyclic amines) is 1. The van der Waals surface area contributed by atoms with Crippen molar-refractivity contribution in [3.63, 3.8) is 0 Å². The number of benzene rings is 2. The van der Waals surface area contributed by atoms with Gasteiger partial charge in [0.05, 0.1) is 30.9 Å². The fourth-order valence-corrected chi connectivity index (χ4v) is 3.85. The molecule has 1 heterocycles. The maximum absolute atomic E-state index is 13.0. The van der Waals surface area contributed by atoms with Crippen LogP contribution in [0.3, 0.4) is 0 Å². The second-order valence-corrected chi connectivity index (χ2v) is 7.43. The van der Waals surface area contributed by atoms with Crippen molar-refractivity contribution < 1.29 is 29.3 Å². The van der Waals surface area contributed by atoms with Gasteiger partial charge in [-0.2, -0.15) is 0 Å². The van der Waals surface area contributed by atoms with Crippen molar-refractivity contribution in [3.8, 4) is 17.2 Å². The second kappa shape index (κ2) is 9.31. The van der Waals surface area contributed by atoms with Gasteiger partial charge in [-0.1, -0.05) is 24.6 Å². The van der Waals surface area contributed by atoms with Crippen LogP contribution in [0.15, 0.2) is 42.0 Å². The van der Waals surface area contributed by atoms with E-state index in [1.807, 2.05) is 6.92 Å². The SMILES string of the molecule is CCCN1C(=O)C(=O)/C(=C(/O)c2cc(Cl)ccc2OC)C1c1ccc(O)c(OCC)c1. The summed E-state index contributed by atoms with van der Waals surface area (Å²) < 4.78 is 10.8. The van der Waals surface area contributed by atoms with Gasteiger partial charge in [-0.05, 0) is 49.2 Å². The number of hydrogen-bond donors (Lipinski definition) is 2. The number of aliphatic hydroxyl groups excluding tert-OH is 1. The Bertz CT molecular complexity index is 1050. The van der Waals surface area contributed by atoms with Gasteiger partial charge in [0.25, 0.3) is 11.7 Å². The smallest absolute Gasteiger partial charge is 0.295 e. The number of phenolic OH excluding ortho intramolecular Hbond substituents is 1. The third kappa shape index (κ3) is 4.18. The second-order valence-electron chi connectivity index (χ2n) is 7.00. The first-order valence-electron chi connectivity index (χ1n) is 9.92. The fourth-order valence-electron chi connectivity index (χ4n) is 3.68. The van der Waals surface area contributed by atoms with Crippen molar-refractivity contribution in [2.45, 2.75) is 26.3 Å². The minimum absolute atomic E-state index is 0.0606. The van der Waals surface area contributed by atoms with Gasteiger partial charge in [0.2, 0.25) is 0 Å². The van der Waals surface area contributed by atoms with E-state index in [2.05, 4.69) is 0 Å². The number of ether oxygens (including phenoxy) is 2. The van der Waals surface area contributed by atoms with Crippen LogP contribution in [-0.4, -0.2) is 47.1 Å². The topological polar surface area (TPSA) is 96.3 Å². The molecule has 0 spiro atoms. The van der Waals surface area contributed by atoms with Crippen LogP contribution in [0.25, 0.3) is 5.76 Å². The number of phenols is 1. The Morgan fingerprint density at radius 3 is 2.52 bits per heavy atom.